The second kappa shape index (κ2) is 5.08. The quantitative estimate of drug-likeness (QED) is 0.600. The Bertz CT molecular complexity index is 342. The van der Waals surface area contributed by atoms with Gasteiger partial charge in [0.2, 0.25) is 4.77 Å². The maximum atomic E-state index is 5.29. The van der Waals surface area contributed by atoms with E-state index in [0.717, 1.165) is 12.8 Å². The summed E-state index contributed by atoms with van der Waals surface area (Å²) in [5, 5.41) is 0. The van der Waals surface area contributed by atoms with E-state index >= 15 is 0 Å². The highest BCUT2D eigenvalue weighted by atomic mass is 32.1. The Morgan fingerprint density at radius 1 is 1.38 bits per heavy atom. The van der Waals surface area contributed by atoms with Crippen molar-refractivity contribution in [1.82, 2.24) is 15.0 Å². The SMILES string of the molecule is CCCCOc1nc(=S)[nH]c(=S)[nH]1. The van der Waals surface area contributed by atoms with Gasteiger partial charge >= 0.3 is 0 Å². The molecular formula is C7H11N3OS2. The molecule has 1 rings (SSSR count). The van der Waals surface area contributed by atoms with E-state index in [4.69, 9.17) is 29.2 Å². The van der Waals surface area contributed by atoms with Crippen LogP contribution in [0.3, 0.4) is 0 Å². The predicted octanol–water partition coefficient (Wildman–Crippen LogP) is 2.38. The Kier molecular flexibility index (Phi) is 4.04. The number of hydrogen-bond donors (Lipinski definition) is 2. The molecule has 2 N–H and O–H groups in total. The van der Waals surface area contributed by atoms with Crippen molar-refractivity contribution in [3.05, 3.63) is 9.54 Å². The molecule has 0 aliphatic heterocycles. The minimum absolute atomic E-state index is 0.343. The third-order valence-corrected chi connectivity index (χ3v) is 1.78. The number of nitrogens with zero attached hydrogens (tertiary/aromatic N) is 1. The zero-order chi connectivity index (χ0) is 9.68. The summed E-state index contributed by atoms with van der Waals surface area (Å²) in [5.41, 5.74) is 0. The van der Waals surface area contributed by atoms with Gasteiger partial charge in [0.1, 0.15) is 0 Å². The van der Waals surface area contributed by atoms with Crippen molar-refractivity contribution < 1.29 is 4.74 Å². The van der Waals surface area contributed by atoms with Crippen molar-refractivity contribution in [2.75, 3.05) is 6.61 Å². The first-order valence-corrected chi connectivity index (χ1v) is 4.87. The molecule has 0 amide bonds. The van der Waals surface area contributed by atoms with Crippen molar-refractivity contribution in [3.8, 4) is 6.01 Å². The Balaban J connectivity index is 2.67. The van der Waals surface area contributed by atoms with Crippen molar-refractivity contribution in [2.24, 2.45) is 0 Å². The molecule has 1 heterocycles. The standard InChI is InChI=1S/C7H11N3OS2/c1-2-3-4-11-5-8-6(12)10-7(13)9-5/h2-4H2,1H3,(H2,8,9,10,12,13). The fourth-order valence-corrected chi connectivity index (χ4v) is 1.19. The molecule has 13 heavy (non-hydrogen) atoms. The van der Waals surface area contributed by atoms with Gasteiger partial charge in [-0.05, 0) is 30.9 Å². The van der Waals surface area contributed by atoms with E-state index in [1.807, 2.05) is 0 Å². The van der Waals surface area contributed by atoms with Gasteiger partial charge in [-0.15, -0.1) is 0 Å². The molecule has 0 fully saturated rings. The summed E-state index contributed by atoms with van der Waals surface area (Å²) in [6.07, 6.45) is 2.08. The molecule has 0 spiro atoms. The number of aromatic amines is 2. The van der Waals surface area contributed by atoms with E-state index in [2.05, 4.69) is 21.9 Å². The monoisotopic (exact) mass is 217 g/mol. The fourth-order valence-electron chi connectivity index (χ4n) is 0.755. The number of hydrogen-bond acceptors (Lipinski definition) is 4. The molecule has 0 aliphatic rings. The van der Waals surface area contributed by atoms with E-state index in [1.54, 1.807) is 0 Å². The topological polar surface area (TPSA) is 53.7 Å². The normalized spacial score (nSPS) is 9.92. The molecule has 0 radical (unpaired) electrons. The molecular weight excluding hydrogens is 206 g/mol. The third kappa shape index (κ3) is 3.65. The van der Waals surface area contributed by atoms with Crippen LogP contribution in [0.2, 0.25) is 0 Å². The van der Waals surface area contributed by atoms with E-state index in [-0.39, 0.29) is 0 Å². The van der Waals surface area contributed by atoms with Gasteiger partial charge in [0.25, 0.3) is 6.01 Å². The average molecular weight is 217 g/mol. The summed E-state index contributed by atoms with van der Waals surface area (Å²) in [6.45, 7) is 2.73. The Labute approximate surface area is 86.4 Å². The van der Waals surface area contributed by atoms with Crippen LogP contribution in [-0.4, -0.2) is 21.6 Å². The van der Waals surface area contributed by atoms with Crippen LogP contribution in [-0.2, 0) is 0 Å². The number of ether oxygens (including phenoxy) is 1. The lowest BCUT2D eigenvalue weighted by molar-refractivity contribution is 0.283. The summed E-state index contributed by atoms with van der Waals surface area (Å²) in [4.78, 5) is 9.37. The highest BCUT2D eigenvalue weighted by molar-refractivity contribution is 7.71. The van der Waals surface area contributed by atoms with Gasteiger partial charge in [0.05, 0.1) is 6.61 Å². The lowest BCUT2D eigenvalue weighted by Gasteiger charge is -2.02. The molecule has 72 valence electrons. The second-order valence-electron chi connectivity index (χ2n) is 2.50. The third-order valence-electron chi connectivity index (χ3n) is 1.38. The first-order chi connectivity index (χ1) is 6.22. The summed E-state index contributed by atoms with van der Waals surface area (Å²) in [5.74, 6) is 0. The zero-order valence-corrected chi connectivity index (χ0v) is 8.93. The van der Waals surface area contributed by atoms with Crippen molar-refractivity contribution in [1.29, 1.82) is 0 Å². The lowest BCUT2D eigenvalue weighted by atomic mass is 10.4. The maximum absolute atomic E-state index is 5.29. The molecule has 0 aromatic carbocycles. The number of H-pyrrole nitrogens is 2. The van der Waals surface area contributed by atoms with Gasteiger partial charge in [0.15, 0.2) is 4.77 Å². The van der Waals surface area contributed by atoms with Crippen molar-refractivity contribution in [2.45, 2.75) is 19.8 Å². The predicted molar refractivity (Wildman–Crippen MR) is 55.0 cm³/mol. The molecule has 0 saturated carbocycles. The summed E-state index contributed by atoms with van der Waals surface area (Å²) in [7, 11) is 0. The molecule has 0 saturated heterocycles. The van der Waals surface area contributed by atoms with Gasteiger partial charge in [-0.2, -0.15) is 4.98 Å². The van der Waals surface area contributed by atoms with Crippen LogP contribution < -0.4 is 4.74 Å². The Morgan fingerprint density at radius 3 is 2.77 bits per heavy atom. The largest absolute Gasteiger partial charge is 0.465 e. The van der Waals surface area contributed by atoms with Crippen molar-refractivity contribution in [3.63, 3.8) is 0 Å². The molecule has 0 unspecified atom stereocenters. The highest BCUT2D eigenvalue weighted by Gasteiger charge is 1.94. The van der Waals surface area contributed by atoms with Gasteiger partial charge < -0.3 is 9.72 Å². The Hall–Kier alpha value is -0.750. The Morgan fingerprint density at radius 2 is 2.15 bits per heavy atom. The molecule has 1 aromatic heterocycles. The molecule has 1 aromatic rings. The fraction of sp³-hybridized carbons (Fsp3) is 0.571. The molecule has 0 aliphatic carbocycles. The van der Waals surface area contributed by atoms with Gasteiger partial charge in [0, 0.05) is 0 Å². The smallest absolute Gasteiger partial charge is 0.298 e. The maximum Gasteiger partial charge on any atom is 0.298 e. The molecule has 6 heteroatoms. The van der Waals surface area contributed by atoms with E-state index in [0.29, 0.717) is 22.2 Å². The summed E-state index contributed by atoms with van der Waals surface area (Å²) < 4.78 is 6.07. The van der Waals surface area contributed by atoms with Crippen LogP contribution in [0.25, 0.3) is 0 Å². The summed E-state index contributed by atoms with van der Waals surface area (Å²) in [6, 6.07) is 0.391. The van der Waals surface area contributed by atoms with Gasteiger partial charge in [-0.1, -0.05) is 13.3 Å². The minimum atomic E-state index is 0.343. The van der Waals surface area contributed by atoms with Crippen LogP contribution >= 0.6 is 24.4 Å². The van der Waals surface area contributed by atoms with Crippen LogP contribution in [0, 0.1) is 9.54 Å². The van der Waals surface area contributed by atoms with E-state index in [9.17, 15) is 0 Å². The minimum Gasteiger partial charge on any atom is -0.465 e. The lowest BCUT2D eigenvalue weighted by Crippen LogP contribution is -2.01. The molecule has 0 bridgehead atoms. The second-order valence-corrected chi connectivity index (χ2v) is 3.30. The molecule has 0 atom stereocenters. The van der Waals surface area contributed by atoms with E-state index < -0.39 is 0 Å². The van der Waals surface area contributed by atoms with Gasteiger partial charge in [-0.25, -0.2) is 0 Å². The van der Waals surface area contributed by atoms with Gasteiger partial charge in [-0.3, -0.25) is 4.98 Å². The zero-order valence-electron chi connectivity index (χ0n) is 7.29. The first-order valence-electron chi connectivity index (χ1n) is 4.06. The summed E-state index contributed by atoms with van der Waals surface area (Å²) >= 11 is 9.70. The first kappa shape index (κ1) is 10.3. The average Bonchev–Trinajstić information content (AvgIpc) is 2.03. The molecule has 4 nitrogen and oxygen atoms in total. The highest BCUT2D eigenvalue weighted by Crippen LogP contribution is 2.00. The van der Waals surface area contributed by atoms with Crippen molar-refractivity contribution >= 4 is 24.4 Å². The number of aromatic nitrogens is 3. The van der Waals surface area contributed by atoms with Crippen LogP contribution in [0.1, 0.15) is 19.8 Å². The van der Waals surface area contributed by atoms with Crippen LogP contribution in [0.15, 0.2) is 0 Å². The van der Waals surface area contributed by atoms with Crippen LogP contribution in [0.4, 0.5) is 0 Å². The number of nitrogens with one attached hydrogen (secondary N) is 2. The number of unbranched alkanes of at least 4 members (excludes halogenated alkanes) is 1. The van der Waals surface area contributed by atoms with Crippen LogP contribution in [0.5, 0.6) is 6.01 Å². The van der Waals surface area contributed by atoms with E-state index in [1.165, 1.54) is 0 Å². The number of rotatable bonds is 4.